The first-order valence-corrected chi connectivity index (χ1v) is 10.1. The number of aromatic nitrogens is 1. The molecule has 3 rings (SSSR count). The number of nitrogens with zero attached hydrogens (tertiary/aromatic N) is 2. The first-order chi connectivity index (χ1) is 14.0. The van der Waals surface area contributed by atoms with Crippen molar-refractivity contribution in [2.24, 2.45) is 0 Å². The number of nitrogens with one attached hydrogen (secondary N) is 1. The Balaban J connectivity index is 1.66. The third-order valence-electron chi connectivity index (χ3n) is 4.30. The molecule has 2 aromatic carbocycles. The Hall–Kier alpha value is -3.26. The summed E-state index contributed by atoms with van der Waals surface area (Å²) in [7, 11) is 0. The largest absolute Gasteiger partial charge is 0.494 e. The lowest BCUT2D eigenvalue weighted by Gasteiger charge is -2.05. The fourth-order valence-corrected chi connectivity index (χ4v) is 3.41. The highest BCUT2D eigenvalue weighted by molar-refractivity contribution is 7.14. The Kier molecular flexibility index (Phi) is 6.56. The lowest BCUT2D eigenvalue weighted by molar-refractivity contribution is -0.385. The first kappa shape index (κ1) is 20.5. The van der Waals surface area contributed by atoms with Crippen molar-refractivity contribution in [3.63, 3.8) is 0 Å². The molecular formula is C21H21N3O4S. The lowest BCUT2D eigenvalue weighted by atomic mass is 10.1. The summed E-state index contributed by atoms with van der Waals surface area (Å²) in [4.78, 5) is 27.3. The van der Waals surface area contributed by atoms with E-state index in [0.29, 0.717) is 22.9 Å². The van der Waals surface area contributed by atoms with E-state index in [1.165, 1.54) is 29.5 Å². The summed E-state index contributed by atoms with van der Waals surface area (Å²) >= 11 is 1.32. The van der Waals surface area contributed by atoms with Gasteiger partial charge in [0.15, 0.2) is 5.13 Å². The number of nitro groups is 1. The zero-order valence-electron chi connectivity index (χ0n) is 16.2. The Morgan fingerprint density at radius 2 is 2.00 bits per heavy atom. The van der Waals surface area contributed by atoms with Crippen LogP contribution in [0.25, 0.3) is 11.3 Å². The predicted octanol–water partition coefficient (Wildman–Crippen LogP) is 5.46. The SMILES string of the molecule is CCCCOc1ccc(-c2csc(NC(=O)c3ccc([N+](=O)[O-])c(C)c3)n2)cc1. The summed E-state index contributed by atoms with van der Waals surface area (Å²) in [5.41, 5.74) is 2.45. The smallest absolute Gasteiger partial charge is 0.272 e. The molecule has 3 aromatic rings. The van der Waals surface area contributed by atoms with Gasteiger partial charge in [0, 0.05) is 28.1 Å². The summed E-state index contributed by atoms with van der Waals surface area (Å²) in [6.45, 7) is 4.42. The van der Waals surface area contributed by atoms with Crippen LogP contribution in [-0.4, -0.2) is 22.4 Å². The minimum absolute atomic E-state index is 0.0137. The minimum Gasteiger partial charge on any atom is -0.494 e. The number of hydrogen-bond acceptors (Lipinski definition) is 6. The van der Waals surface area contributed by atoms with Crippen molar-refractivity contribution < 1.29 is 14.5 Å². The van der Waals surface area contributed by atoms with Crippen LogP contribution in [0.3, 0.4) is 0 Å². The molecule has 0 aliphatic rings. The van der Waals surface area contributed by atoms with Crippen LogP contribution >= 0.6 is 11.3 Å². The van der Waals surface area contributed by atoms with Crippen LogP contribution in [-0.2, 0) is 0 Å². The number of benzene rings is 2. The second kappa shape index (κ2) is 9.29. The highest BCUT2D eigenvalue weighted by Crippen LogP contribution is 2.27. The van der Waals surface area contributed by atoms with Gasteiger partial charge in [0.25, 0.3) is 11.6 Å². The number of aryl methyl sites for hydroxylation is 1. The molecule has 150 valence electrons. The molecule has 8 heteroatoms. The van der Waals surface area contributed by atoms with Gasteiger partial charge in [-0.2, -0.15) is 0 Å². The highest BCUT2D eigenvalue weighted by Gasteiger charge is 2.15. The van der Waals surface area contributed by atoms with E-state index in [9.17, 15) is 14.9 Å². The van der Waals surface area contributed by atoms with Gasteiger partial charge in [-0.1, -0.05) is 13.3 Å². The van der Waals surface area contributed by atoms with Crippen LogP contribution in [0.15, 0.2) is 47.8 Å². The molecule has 1 heterocycles. The average molecular weight is 411 g/mol. The quantitative estimate of drug-likeness (QED) is 0.302. The van der Waals surface area contributed by atoms with Crippen molar-refractivity contribution in [2.75, 3.05) is 11.9 Å². The first-order valence-electron chi connectivity index (χ1n) is 9.23. The van der Waals surface area contributed by atoms with Gasteiger partial charge in [-0.3, -0.25) is 20.2 Å². The fourth-order valence-electron chi connectivity index (χ4n) is 2.69. The number of carbonyl (C=O) groups is 1. The van der Waals surface area contributed by atoms with E-state index >= 15 is 0 Å². The summed E-state index contributed by atoms with van der Waals surface area (Å²) in [6, 6.07) is 11.9. The summed E-state index contributed by atoms with van der Waals surface area (Å²) in [5, 5.41) is 16.0. The maximum atomic E-state index is 12.4. The minimum atomic E-state index is -0.468. The van der Waals surface area contributed by atoms with Crippen molar-refractivity contribution in [1.29, 1.82) is 0 Å². The molecule has 0 atom stereocenters. The molecule has 0 bridgehead atoms. The summed E-state index contributed by atoms with van der Waals surface area (Å²) in [6.07, 6.45) is 2.11. The number of ether oxygens (including phenoxy) is 1. The van der Waals surface area contributed by atoms with Gasteiger partial charge < -0.3 is 4.74 Å². The number of nitro benzene ring substituents is 1. The molecule has 0 aliphatic heterocycles. The predicted molar refractivity (Wildman–Crippen MR) is 114 cm³/mol. The Morgan fingerprint density at radius 3 is 2.66 bits per heavy atom. The number of rotatable bonds is 8. The maximum absolute atomic E-state index is 12.4. The van der Waals surface area contributed by atoms with Crippen molar-refractivity contribution in [2.45, 2.75) is 26.7 Å². The van der Waals surface area contributed by atoms with E-state index in [2.05, 4.69) is 17.2 Å². The van der Waals surface area contributed by atoms with Crippen LogP contribution in [0, 0.1) is 17.0 Å². The van der Waals surface area contributed by atoms with Gasteiger partial charge in [0.1, 0.15) is 5.75 Å². The molecule has 1 amide bonds. The molecule has 0 unspecified atom stereocenters. The van der Waals surface area contributed by atoms with Gasteiger partial charge in [0.05, 0.1) is 17.2 Å². The van der Waals surface area contributed by atoms with Crippen LogP contribution in [0.1, 0.15) is 35.7 Å². The van der Waals surface area contributed by atoms with E-state index in [1.807, 2.05) is 29.6 Å². The van der Waals surface area contributed by atoms with Crippen molar-refractivity contribution >= 4 is 28.1 Å². The number of amides is 1. The molecule has 0 radical (unpaired) electrons. The van der Waals surface area contributed by atoms with Gasteiger partial charge in [-0.15, -0.1) is 11.3 Å². The highest BCUT2D eigenvalue weighted by atomic mass is 32.1. The van der Waals surface area contributed by atoms with Gasteiger partial charge >= 0.3 is 0 Å². The average Bonchev–Trinajstić information content (AvgIpc) is 3.16. The van der Waals surface area contributed by atoms with Crippen molar-refractivity contribution in [3.8, 4) is 17.0 Å². The zero-order valence-corrected chi connectivity index (χ0v) is 17.0. The third kappa shape index (κ3) is 5.17. The monoisotopic (exact) mass is 411 g/mol. The molecule has 29 heavy (non-hydrogen) atoms. The second-order valence-corrected chi connectivity index (χ2v) is 7.33. The lowest BCUT2D eigenvalue weighted by Crippen LogP contribution is -2.12. The number of carbonyl (C=O) groups excluding carboxylic acids is 1. The summed E-state index contributed by atoms with van der Waals surface area (Å²) < 4.78 is 5.66. The van der Waals surface area contributed by atoms with E-state index in [-0.39, 0.29) is 11.6 Å². The van der Waals surface area contributed by atoms with Gasteiger partial charge in [-0.05, 0) is 49.7 Å². The van der Waals surface area contributed by atoms with E-state index in [0.717, 1.165) is 29.8 Å². The molecule has 7 nitrogen and oxygen atoms in total. The maximum Gasteiger partial charge on any atom is 0.272 e. The number of thiazole rings is 1. The Labute approximate surface area is 172 Å². The topological polar surface area (TPSA) is 94.4 Å². The van der Waals surface area contributed by atoms with Crippen LogP contribution in [0.2, 0.25) is 0 Å². The fraction of sp³-hybridized carbons (Fsp3) is 0.238. The van der Waals surface area contributed by atoms with Crippen molar-refractivity contribution in [3.05, 3.63) is 69.1 Å². The molecule has 0 aliphatic carbocycles. The van der Waals surface area contributed by atoms with Crippen LogP contribution < -0.4 is 10.1 Å². The molecule has 0 saturated heterocycles. The van der Waals surface area contributed by atoms with Crippen LogP contribution in [0.5, 0.6) is 5.75 Å². The van der Waals surface area contributed by atoms with Gasteiger partial charge in [-0.25, -0.2) is 4.98 Å². The normalized spacial score (nSPS) is 10.6. The number of hydrogen-bond donors (Lipinski definition) is 1. The summed E-state index contributed by atoms with van der Waals surface area (Å²) in [5.74, 6) is 0.461. The molecule has 0 spiro atoms. The van der Waals surface area contributed by atoms with Gasteiger partial charge in [0.2, 0.25) is 0 Å². The third-order valence-corrected chi connectivity index (χ3v) is 5.05. The molecule has 1 N–H and O–H groups in total. The van der Waals surface area contributed by atoms with E-state index in [4.69, 9.17) is 4.74 Å². The standard InChI is InChI=1S/C21H21N3O4S/c1-3-4-11-28-17-8-5-15(6-9-17)18-13-29-21(22-18)23-20(25)16-7-10-19(24(26)27)14(2)12-16/h5-10,12-13H,3-4,11H2,1-2H3,(H,22,23,25). The van der Waals surface area contributed by atoms with Crippen LogP contribution in [0.4, 0.5) is 10.8 Å². The van der Waals surface area contributed by atoms with Crippen molar-refractivity contribution in [1.82, 2.24) is 4.98 Å². The molecular weight excluding hydrogens is 390 g/mol. The zero-order chi connectivity index (χ0) is 20.8. The molecule has 0 fully saturated rings. The number of unbranched alkanes of at least 4 members (excludes halogenated alkanes) is 1. The van der Waals surface area contributed by atoms with E-state index in [1.54, 1.807) is 6.92 Å². The molecule has 1 aromatic heterocycles. The number of anilines is 1. The van der Waals surface area contributed by atoms with E-state index < -0.39 is 4.92 Å². The Bertz CT molecular complexity index is 1020. The molecule has 0 saturated carbocycles. The Morgan fingerprint density at radius 1 is 1.24 bits per heavy atom. The second-order valence-electron chi connectivity index (χ2n) is 6.48.